The van der Waals surface area contributed by atoms with E-state index < -0.39 is 0 Å². The van der Waals surface area contributed by atoms with Crippen LogP contribution in [0.1, 0.15) is 36.5 Å². The van der Waals surface area contributed by atoms with Gasteiger partial charge < -0.3 is 20.5 Å². The minimum Gasteiger partial charge on any atom is -0.508 e. The molecule has 0 atom stereocenters. The summed E-state index contributed by atoms with van der Waals surface area (Å²) < 4.78 is 5.04. The van der Waals surface area contributed by atoms with Crippen LogP contribution in [0.25, 0.3) is 0 Å². The molecule has 122 valence electrons. The first-order chi connectivity index (χ1) is 10.8. The molecule has 0 heterocycles. The molecule has 0 spiro atoms. The van der Waals surface area contributed by atoms with Crippen LogP contribution < -0.4 is 10.6 Å². The Labute approximate surface area is 132 Å². The molecule has 0 unspecified atom stereocenters. The fourth-order valence-electron chi connectivity index (χ4n) is 2.84. The number of aliphatic imine (C=N–C) groups is 1. The molecule has 0 fully saturated rings. The number of methoxy groups -OCH3 is 1. The quantitative estimate of drug-likeness (QED) is 0.427. The molecule has 1 aromatic rings. The van der Waals surface area contributed by atoms with E-state index in [0.29, 0.717) is 25.4 Å². The van der Waals surface area contributed by atoms with Crippen molar-refractivity contribution in [3.05, 3.63) is 28.8 Å². The van der Waals surface area contributed by atoms with Gasteiger partial charge in [0.05, 0.1) is 13.2 Å². The van der Waals surface area contributed by atoms with E-state index in [0.717, 1.165) is 30.9 Å². The minimum atomic E-state index is 0.358. The van der Waals surface area contributed by atoms with E-state index >= 15 is 0 Å². The first-order valence-corrected chi connectivity index (χ1v) is 8.10. The van der Waals surface area contributed by atoms with E-state index in [4.69, 9.17) is 4.74 Å². The molecule has 22 heavy (non-hydrogen) atoms. The van der Waals surface area contributed by atoms with Crippen molar-refractivity contribution in [3.63, 3.8) is 0 Å². The van der Waals surface area contributed by atoms with Crippen LogP contribution in [-0.2, 0) is 24.1 Å². The summed E-state index contributed by atoms with van der Waals surface area (Å²) in [7, 11) is 1.68. The number of aryl methyl sites for hydroxylation is 1. The number of ether oxygens (including phenoxy) is 1. The van der Waals surface area contributed by atoms with Gasteiger partial charge in [-0.3, -0.25) is 0 Å². The van der Waals surface area contributed by atoms with Gasteiger partial charge in [-0.2, -0.15) is 0 Å². The summed E-state index contributed by atoms with van der Waals surface area (Å²) in [6.45, 7) is 4.68. The van der Waals surface area contributed by atoms with E-state index in [-0.39, 0.29) is 0 Å². The molecule has 3 N–H and O–H groups in total. The summed E-state index contributed by atoms with van der Waals surface area (Å²) in [6.07, 6.45) is 4.59. The van der Waals surface area contributed by atoms with Gasteiger partial charge in [0.25, 0.3) is 0 Å². The average molecular weight is 305 g/mol. The van der Waals surface area contributed by atoms with Crippen LogP contribution in [0.3, 0.4) is 0 Å². The van der Waals surface area contributed by atoms with Gasteiger partial charge in [-0.1, -0.05) is 6.07 Å². The standard InChI is InChI=1S/C17H27N3O2/c1-3-18-17(19-10-11-22-2)20-12-15-14-7-5-4-6-13(14)8-9-16(15)21/h8-9,21H,3-7,10-12H2,1-2H3,(H2,18,19,20). The van der Waals surface area contributed by atoms with E-state index in [1.54, 1.807) is 13.2 Å². The number of hydrogen-bond acceptors (Lipinski definition) is 3. The second kappa shape index (κ2) is 8.63. The largest absolute Gasteiger partial charge is 0.508 e. The molecule has 0 aliphatic heterocycles. The first kappa shape index (κ1) is 16.6. The van der Waals surface area contributed by atoms with Crippen LogP contribution in [0.2, 0.25) is 0 Å². The predicted molar refractivity (Wildman–Crippen MR) is 89.4 cm³/mol. The fraction of sp³-hybridized carbons (Fsp3) is 0.588. The molecule has 2 rings (SSSR count). The van der Waals surface area contributed by atoms with Gasteiger partial charge in [0.15, 0.2) is 5.96 Å². The number of guanidine groups is 1. The maximum atomic E-state index is 10.2. The Balaban J connectivity index is 2.12. The third-order valence-corrected chi connectivity index (χ3v) is 3.96. The molecule has 5 heteroatoms. The predicted octanol–water partition coefficient (Wildman–Crippen LogP) is 1.97. The zero-order valence-electron chi connectivity index (χ0n) is 13.6. The van der Waals surface area contributed by atoms with E-state index in [1.807, 2.05) is 6.92 Å². The van der Waals surface area contributed by atoms with Gasteiger partial charge in [0, 0.05) is 25.8 Å². The molecule has 0 amide bonds. The van der Waals surface area contributed by atoms with Crippen molar-refractivity contribution in [3.8, 4) is 5.75 Å². The first-order valence-electron chi connectivity index (χ1n) is 8.10. The van der Waals surface area contributed by atoms with Gasteiger partial charge in [-0.15, -0.1) is 0 Å². The van der Waals surface area contributed by atoms with Crippen LogP contribution in [-0.4, -0.2) is 37.9 Å². The van der Waals surface area contributed by atoms with Crippen LogP contribution >= 0.6 is 0 Å². The second-order valence-corrected chi connectivity index (χ2v) is 5.52. The van der Waals surface area contributed by atoms with Crippen LogP contribution in [0.15, 0.2) is 17.1 Å². The number of nitrogens with zero attached hydrogens (tertiary/aromatic N) is 1. The highest BCUT2D eigenvalue weighted by Gasteiger charge is 2.16. The van der Waals surface area contributed by atoms with Crippen molar-refractivity contribution < 1.29 is 9.84 Å². The van der Waals surface area contributed by atoms with Crippen LogP contribution in [0.4, 0.5) is 0 Å². The average Bonchev–Trinajstić information content (AvgIpc) is 2.54. The molecule has 0 saturated carbocycles. The SMILES string of the molecule is CCNC(=NCc1c(O)ccc2c1CCCC2)NCCOC. The Morgan fingerprint density at radius 2 is 2.09 bits per heavy atom. The lowest BCUT2D eigenvalue weighted by atomic mass is 9.88. The monoisotopic (exact) mass is 305 g/mol. The van der Waals surface area contributed by atoms with Crippen molar-refractivity contribution in [2.75, 3.05) is 26.8 Å². The van der Waals surface area contributed by atoms with Gasteiger partial charge in [0.1, 0.15) is 5.75 Å². The van der Waals surface area contributed by atoms with E-state index in [2.05, 4.69) is 21.7 Å². The van der Waals surface area contributed by atoms with Crippen molar-refractivity contribution in [1.29, 1.82) is 0 Å². The topological polar surface area (TPSA) is 65.9 Å². The van der Waals surface area contributed by atoms with Gasteiger partial charge in [-0.25, -0.2) is 4.99 Å². The fourth-order valence-corrected chi connectivity index (χ4v) is 2.84. The maximum absolute atomic E-state index is 10.2. The molecule has 0 radical (unpaired) electrons. The van der Waals surface area contributed by atoms with Crippen molar-refractivity contribution >= 4 is 5.96 Å². The molecule has 0 bridgehead atoms. The third-order valence-electron chi connectivity index (χ3n) is 3.96. The normalized spacial score (nSPS) is 14.5. The Kier molecular flexibility index (Phi) is 6.52. The van der Waals surface area contributed by atoms with Gasteiger partial charge in [-0.05, 0) is 49.8 Å². The number of phenols is 1. The van der Waals surface area contributed by atoms with Crippen molar-refractivity contribution in [1.82, 2.24) is 10.6 Å². The minimum absolute atomic E-state index is 0.358. The third kappa shape index (κ3) is 4.37. The lowest BCUT2D eigenvalue weighted by Crippen LogP contribution is -2.38. The molecular formula is C17H27N3O2. The number of aromatic hydroxyl groups is 1. The summed E-state index contributed by atoms with van der Waals surface area (Å²) in [5.41, 5.74) is 3.63. The summed E-state index contributed by atoms with van der Waals surface area (Å²) in [5.74, 6) is 1.12. The summed E-state index contributed by atoms with van der Waals surface area (Å²) in [5, 5.41) is 16.6. The Bertz CT molecular complexity index is 515. The maximum Gasteiger partial charge on any atom is 0.191 e. The Hall–Kier alpha value is -1.75. The molecule has 1 aliphatic rings. The lowest BCUT2D eigenvalue weighted by molar-refractivity contribution is 0.203. The summed E-state index contributed by atoms with van der Waals surface area (Å²) in [4.78, 5) is 4.60. The highest BCUT2D eigenvalue weighted by molar-refractivity contribution is 5.79. The molecule has 0 aromatic heterocycles. The van der Waals surface area contributed by atoms with Crippen molar-refractivity contribution in [2.24, 2.45) is 4.99 Å². The van der Waals surface area contributed by atoms with Crippen LogP contribution in [0.5, 0.6) is 5.75 Å². The molecule has 5 nitrogen and oxygen atoms in total. The molecule has 0 saturated heterocycles. The number of phenolic OH excluding ortho intramolecular Hbond substituents is 1. The number of benzene rings is 1. The zero-order chi connectivity index (χ0) is 15.8. The molecule has 1 aliphatic carbocycles. The van der Waals surface area contributed by atoms with E-state index in [9.17, 15) is 5.11 Å². The Morgan fingerprint density at radius 3 is 2.86 bits per heavy atom. The number of fused-ring (bicyclic) bond motifs is 1. The molecular weight excluding hydrogens is 278 g/mol. The van der Waals surface area contributed by atoms with Crippen molar-refractivity contribution in [2.45, 2.75) is 39.2 Å². The smallest absolute Gasteiger partial charge is 0.191 e. The highest BCUT2D eigenvalue weighted by Crippen LogP contribution is 2.30. The second-order valence-electron chi connectivity index (χ2n) is 5.52. The summed E-state index contributed by atoms with van der Waals surface area (Å²) in [6, 6.07) is 3.86. The number of hydrogen-bond donors (Lipinski definition) is 3. The Morgan fingerprint density at radius 1 is 1.27 bits per heavy atom. The lowest BCUT2D eigenvalue weighted by Gasteiger charge is -2.20. The highest BCUT2D eigenvalue weighted by atomic mass is 16.5. The van der Waals surface area contributed by atoms with E-state index in [1.165, 1.54) is 24.0 Å². The van der Waals surface area contributed by atoms with Gasteiger partial charge in [0.2, 0.25) is 0 Å². The van der Waals surface area contributed by atoms with Gasteiger partial charge >= 0.3 is 0 Å². The number of rotatable bonds is 6. The summed E-state index contributed by atoms with van der Waals surface area (Å²) >= 11 is 0. The van der Waals surface area contributed by atoms with Crippen LogP contribution in [0, 0.1) is 0 Å². The zero-order valence-corrected chi connectivity index (χ0v) is 13.6. The molecule has 1 aromatic carbocycles. The number of nitrogens with one attached hydrogen (secondary N) is 2.